The first kappa shape index (κ1) is 12.9. The van der Waals surface area contributed by atoms with E-state index < -0.39 is 12.9 Å². The fourth-order valence-corrected chi connectivity index (χ4v) is 2.99. The van der Waals surface area contributed by atoms with E-state index >= 15 is 0 Å². The molecular weight excluding hydrogens is 409 g/mol. The Hall–Kier alpha value is 0.865. The minimum atomic E-state index is -1.74. The van der Waals surface area contributed by atoms with Crippen LogP contribution in [0.2, 0.25) is 5.02 Å². The van der Waals surface area contributed by atoms with Crippen molar-refractivity contribution < 1.29 is 14.4 Å². The molecule has 0 atom stereocenters. The Morgan fingerprint density at radius 1 is 1.07 bits per heavy atom. The van der Waals surface area contributed by atoms with Gasteiger partial charge in [-0.2, -0.15) is 0 Å². The maximum Gasteiger partial charge on any atom is 0.490 e. The van der Waals surface area contributed by atoms with Gasteiger partial charge in [0.25, 0.3) is 0 Å². The van der Waals surface area contributed by atoms with Crippen molar-refractivity contribution >= 4 is 72.0 Å². The third kappa shape index (κ3) is 2.17. The summed E-state index contributed by atoms with van der Waals surface area (Å²) in [6.45, 7) is 0. The summed E-state index contributed by atoms with van der Waals surface area (Å²) < 4.78 is 13.7. The number of benzene rings is 1. The highest BCUT2D eigenvalue weighted by Crippen LogP contribution is 2.34. The molecule has 0 aliphatic carbocycles. The maximum atomic E-state index is 13.3. The predicted octanol–water partition coefficient (Wildman–Crippen LogP) is 2.45. The summed E-state index contributed by atoms with van der Waals surface area (Å²) in [7, 11) is -1.74. The summed E-state index contributed by atoms with van der Waals surface area (Å²) in [6.07, 6.45) is 0. The largest absolute Gasteiger partial charge is 0.490 e. The van der Waals surface area contributed by atoms with Crippen molar-refractivity contribution in [3.63, 3.8) is 0 Å². The van der Waals surface area contributed by atoms with Gasteiger partial charge in [0.05, 0.1) is 9.50 Å². The Morgan fingerprint density at radius 3 is 2.00 bits per heavy atom. The quantitative estimate of drug-likeness (QED) is 0.424. The first-order valence-corrected chi connectivity index (χ1v) is 6.01. The molecular formula is C6H2BBr3ClFO2. The second-order valence-corrected chi connectivity index (χ2v) is 5.11. The second kappa shape index (κ2) is 4.80. The normalized spacial score (nSPS) is 10.5. The molecule has 1 aromatic carbocycles. The van der Waals surface area contributed by atoms with Crippen LogP contribution < -0.4 is 5.46 Å². The van der Waals surface area contributed by atoms with Gasteiger partial charge in [0.15, 0.2) is 5.82 Å². The van der Waals surface area contributed by atoms with Gasteiger partial charge in [-0.15, -0.1) is 0 Å². The van der Waals surface area contributed by atoms with Gasteiger partial charge in [0, 0.05) is 14.4 Å². The van der Waals surface area contributed by atoms with Crippen molar-refractivity contribution in [3.05, 3.63) is 24.3 Å². The Kier molecular flexibility index (Phi) is 4.43. The van der Waals surface area contributed by atoms with Gasteiger partial charge in [-0.25, -0.2) is 4.39 Å². The fourth-order valence-electron chi connectivity index (χ4n) is 0.849. The summed E-state index contributed by atoms with van der Waals surface area (Å²) in [5, 5.41) is 17.8. The summed E-state index contributed by atoms with van der Waals surface area (Å²) in [5.41, 5.74) is 0.0725. The minimum absolute atomic E-state index is 0.0498. The lowest BCUT2D eigenvalue weighted by Gasteiger charge is -2.11. The number of rotatable bonds is 1. The number of hydrogen-bond donors (Lipinski definition) is 2. The highest BCUT2D eigenvalue weighted by atomic mass is 79.9. The summed E-state index contributed by atoms with van der Waals surface area (Å²) in [4.78, 5) is 0. The van der Waals surface area contributed by atoms with Gasteiger partial charge in [-0.3, -0.25) is 0 Å². The van der Waals surface area contributed by atoms with Crippen LogP contribution in [-0.4, -0.2) is 17.2 Å². The van der Waals surface area contributed by atoms with Crippen LogP contribution in [0, 0.1) is 5.82 Å². The molecule has 2 N–H and O–H groups in total. The van der Waals surface area contributed by atoms with Crippen molar-refractivity contribution in [2.45, 2.75) is 0 Å². The van der Waals surface area contributed by atoms with Crippen LogP contribution >= 0.6 is 59.4 Å². The van der Waals surface area contributed by atoms with Gasteiger partial charge in [0.2, 0.25) is 0 Å². The molecule has 1 rings (SSSR count). The first-order chi connectivity index (χ1) is 6.37. The maximum absolute atomic E-state index is 13.3. The molecule has 0 saturated heterocycles. The summed E-state index contributed by atoms with van der Waals surface area (Å²) >= 11 is 14.5. The van der Waals surface area contributed by atoms with Crippen molar-refractivity contribution in [2.24, 2.45) is 0 Å². The van der Waals surface area contributed by atoms with Crippen LogP contribution in [0.15, 0.2) is 13.4 Å². The van der Waals surface area contributed by atoms with Gasteiger partial charge < -0.3 is 10.0 Å². The van der Waals surface area contributed by atoms with Crippen LogP contribution in [0.5, 0.6) is 0 Å². The van der Waals surface area contributed by atoms with Gasteiger partial charge >= 0.3 is 7.12 Å². The molecule has 0 radical (unpaired) electrons. The molecule has 0 spiro atoms. The third-order valence-corrected chi connectivity index (χ3v) is 5.01. The minimum Gasteiger partial charge on any atom is -0.423 e. The Bertz CT molecular complexity index is 359. The van der Waals surface area contributed by atoms with Crippen molar-refractivity contribution in [2.75, 3.05) is 0 Å². The Morgan fingerprint density at radius 2 is 1.57 bits per heavy atom. The lowest BCUT2D eigenvalue weighted by Crippen LogP contribution is -2.33. The monoisotopic (exact) mass is 408 g/mol. The molecule has 0 unspecified atom stereocenters. The summed E-state index contributed by atoms with van der Waals surface area (Å²) in [5.74, 6) is -0.671. The van der Waals surface area contributed by atoms with Crippen LogP contribution in [0.1, 0.15) is 0 Å². The molecule has 2 nitrogen and oxygen atoms in total. The molecule has 0 bridgehead atoms. The van der Waals surface area contributed by atoms with Crippen LogP contribution in [0.25, 0.3) is 0 Å². The smallest absolute Gasteiger partial charge is 0.423 e. The highest BCUT2D eigenvalue weighted by molar-refractivity contribution is 9.13. The standard InChI is InChI=1S/C6H2BBr3ClFO2/c8-2-1(7(13)14)3(9)5(11)6(12)4(2)10/h13-14H. The fraction of sp³-hybridized carbons (Fsp3) is 0. The average molecular weight is 411 g/mol. The Balaban J connectivity index is 3.60. The highest BCUT2D eigenvalue weighted by Gasteiger charge is 2.26. The number of hydrogen-bond acceptors (Lipinski definition) is 2. The van der Waals surface area contributed by atoms with E-state index in [1.54, 1.807) is 0 Å². The zero-order valence-electron chi connectivity index (χ0n) is 6.36. The van der Waals surface area contributed by atoms with Crippen molar-refractivity contribution in [1.82, 2.24) is 0 Å². The molecule has 0 aromatic heterocycles. The van der Waals surface area contributed by atoms with Crippen molar-refractivity contribution in [3.8, 4) is 0 Å². The van der Waals surface area contributed by atoms with Crippen LogP contribution in [0.3, 0.4) is 0 Å². The molecule has 0 aliphatic heterocycles. The molecule has 0 saturated carbocycles. The zero-order valence-corrected chi connectivity index (χ0v) is 11.9. The zero-order chi connectivity index (χ0) is 11.0. The van der Waals surface area contributed by atoms with E-state index in [9.17, 15) is 4.39 Å². The first-order valence-electron chi connectivity index (χ1n) is 3.25. The van der Waals surface area contributed by atoms with Gasteiger partial charge in [-0.05, 0) is 47.8 Å². The molecule has 8 heteroatoms. The topological polar surface area (TPSA) is 40.5 Å². The average Bonchev–Trinajstić information content (AvgIpc) is 2.11. The predicted molar refractivity (Wildman–Crippen MR) is 64.3 cm³/mol. The van der Waals surface area contributed by atoms with Crippen LogP contribution in [-0.2, 0) is 0 Å². The van der Waals surface area contributed by atoms with E-state index in [1.807, 2.05) is 0 Å². The third-order valence-electron chi connectivity index (χ3n) is 1.50. The van der Waals surface area contributed by atoms with E-state index in [-0.39, 0.29) is 23.9 Å². The van der Waals surface area contributed by atoms with E-state index in [2.05, 4.69) is 47.8 Å². The van der Waals surface area contributed by atoms with E-state index in [0.29, 0.717) is 0 Å². The number of halogens is 5. The second-order valence-electron chi connectivity index (χ2n) is 2.36. The SMILES string of the molecule is OB(O)c1c(Br)c(Cl)c(F)c(Br)c1Br. The summed E-state index contributed by atoms with van der Waals surface area (Å²) in [6, 6.07) is 0. The molecule has 76 valence electrons. The van der Waals surface area contributed by atoms with Gasteiger partial charge in [-0.1, -0.05) is 11.6 Å². The van der Waals surface area contributed by atoms with E-state index in [4.69, 9.17) is 21.6 Å². The lowest BCUT2D eigenvalue weighted by atomic mass is 9.80. The molecule has 0 heterocycles. The molecule has 14 heavy (non-hydrogen) atoms. The molecule has 1 aromatic rings. The lowest BCUT2D eigenvalue weighted by molar-refractivity contribution is 0.425. The van der Waals surface area contributed by atoms with E-state index in [1.165, 1.54) is 0 Å². The molecule has 0 fully saturated rings. The van der Waals surface area contributed by atoms with E-state index in [0.717, 1.165) is 0 Å². The van der Waals surface area contributed by atoms with Gasteiger partial charge in [0.1, 0.15) is 0 Å². The van der Waals surface area contributed by atoms with Crippen LogP contribution in [0.4, 0.5) is 4.39 Å². The Labute approximate surface area is 110 Å². The molecule has 0 aliphatic rings. The molecule has 0 amide bonds. The van der Waals surface area contributed by atoms with Crippen molar-refractivity contribution in [1.29, 1.82) is 0 Å².